The molecule has 0 bridgehead atoms. The summed E-state index contributed by atoms with van der Waals surface area (Å²) in [5.74, 6) is 0.889. The summed E-state index contributed by atoms with van der Waals surface area (Å²) in [7, 11) is 0. The summed E-state index contributed by atoms with van der Waals surface area (Å²) in [6.45, 7) is 5.98. The molecule has 3 N–H and O–H groups in total. The second-order valence-corrected chi connectivity index (χ2v) is 8.08. The smallest absolute Gasteiger partial charge is 0.318 e. The molecule has 0 aromatic heterocycles. The van der Waals surface area contributed by atoms with E-state index in [9.17, 15) is 9.90 Å². The molecule has 2 aliphatic rings. The number of phenolic OH excluding ortho intramolecular Hbond substituents is 1. The van der Waals surface area contributed by atoms with E-state index < -0.39 is 5.72 Å². The number of phenols is 1. The van der Waals surface area contributed by atoms with E-state index in [1.54, 1.807) is 12.1 Å². The number of amides is 2. The Kier molecular flexibility index (Phi) is 3.65. The molecule has 1 spiro atoms. The van der Waals surface area contributed by atoms with Crippen molar-refractivity contribution in [3.8, 4) is 11.5 Å². The summed E-state index contributed by atoms with van der Waals surface area (Å²) in [6.07, 6.45) is 1.27. The third kappa shape index (κ3) is 2.87. The predicted molar refractivity (Wildman–Crippen MR) is 99.5 cm³/mol. The van der Waals surface area contributed by atoms with Gasteiger partial charge in [-0.2, -0.15) is 0 Å². The van der Waals surface area contributed by atoms with Crippen LogP contribution in [0.15, 0.2) is 42.5 Å². The van der Waals surface area contributed by atoms with E-state index >= 15 is 0 Å². The highest BCUT2D eigenvalue weighted by atomic mass is 16.5. The van der Waals surface area contributed by atoms with E-state index in [0.717, 1.165) is 11.1 Å². The summed E-state index contributed by atoms with van der Waals surface area (Å²) < 4.78 is 6.35. The summed E-state index contributed by atoms with van der Waals surface area (Å²) in [6, 6.07) is 13.4. The van der Waals surface area contributed by atoms with Gasteiger partial charge in [-0.3, -0.25) is 0 Å². The summed E-state index contributed by atoms with van der Waals surface area (Å²) >= 11 is 0. The average Bonchev–Trinajstić information content (AvgIpc) is 2.51. The van der Waals surface area contributed by atoms with Gasteiger partial charge in [-0.05, 0) is 38.0 Å². The lowest BCUT2D eigenvalue weighted by Gasteiger charge is -2.49. The molecule has 0 saturated carbocycles. The quantitative estimate of drug-likeness (QED) is 0.731. The first-order valence-electron chi connectivity index (χ1n) is 8.95. The lowest BCUT2D eigenvalue weighted by Crippen LogP contribution is -2.69. The number of aromatic hydroxyl groups is 1. The summed E-state index contributed by atoms with van der Waals surface area (Å²) in [5.41, 5.74) is 2.05. The van der Waals surface area contributed by atoms with E-state index in [1.807, 2.05) is 39.0 Å². The monoisotopic (exact) mass is 352 g/mol. The molecule has 5 heteroatoms. The fourth-order valence-electron chi connectivity index (χ4n) is 4.47. The Morgan fingerprint density at radius 1 is 1.15 bits per heavy atom. The van der Waals surface area contributed by atoms with Gasteiger partial charge in [0.25, 0.3) is 0 Å². The minimum Gasteiger partial charge on any atom is -0.508 e. The fourth-order valence-corrected chi connectivity index (χ4v) is 4.47. The Balaban J connectivity index is 1.86. The van der Waals surface area contributed by atoms with E-state index in [1.165, 1.54) is 5.56 Å². The molecule has 0 aliphatic carbocycles. The summed E-state index contributed by atoms with van der Waals surface area (Å²) in [4.78, 5) is 12.3. The van der Waals surface area contributed by atoms with Crippen LogP contribution in [0.1, 0.15) is 49.3 Å². The molecule has 2 amide bonds. The predicted octanol–water partition coefficient (Wildman–Crippen LogP) is 3.79. The third-order valence-corrected chi connectivity index (χ3v) is 5.24. The number of urea groups is 1. The van der Waals surface area contributed by atoms with Gasteiger partial charge >= 0.3 is 6.03 Å². The highest BCUT2D eigenvalue weighted by Gasteiger charge is 2.50. The van der Waals surface area contributed by atoms with Crippen LogP contribution in [0.2, 0.25) is 0 Å². The van der Waals surface area contributed by atoms with Crippen LogP contribution in [0.4, 0.5) is 4.79 Å². The number of nitrogens with one attached hydrogen (secondary N) is 2. The zero-order valence-corrected chi connectivity index (χ0v) is 15.3. The van der Waals surface area contributed by atoms with Crippen LogP contribution in [0.3, 0.4) is 0 Å². The lowest BCUT2D eigenvalue weighted by molar-refractivity contribution is -0.0237. The van der Waals surface area contributed by atoms with Gasteiger partial charge in [-0.15, -0.1) is 0 Å². The maximum atomic E-state index is 12.3. The molecule has 0 unspecified atom stereocenters. The van der Waals surface area contributed by atoms with Crippen molar-refractivity contribution in [2.45, 2.75) is 50.8 Å². The van der Waals surface area contributed by atoms with Crippen molar-refractivity contribution in [3.05, 3.63) is 59.2 Å². The molecule has 5 nitrogen and oxygen atoms in total. The second kappa shape index (κ2) is 5.66. The number of carbonyl (C=O) groups excluding carboxylic acids is 1. The Morgan fingerprint density at radius 3 is 2.58 bits per heavy atom. The molecular weight excluding hydrogens is 328 g/mol. The largest absolute Gasteiger partial charge is 0.508 e. The molecule has 2 aromatic rings. The van der Waals surface area contributed by atoms with Gasteiger partial charge in [0, 0.05) is 35.9 Å². The van der Waals surface area contributed by atoms with Gasteiger partial charge < -0.3 is 20.5 Å². The Bertz CT molecular complexity index is 863. The first-order valence-corrected chi connectivity index (χ1v) is 8.95. The number of hydrogen-bond acceptors (Lipinski definition) is 3. The number of aryl methyl sites for hydroxylation is 1. The molecule has 4 rings (SSSR count). The Hall–Kier alpha value is -2.69. The second-order valence-electron chi connectivity index (χ2n) is 8.08. The van der Waals surface area contributed by atoms with Crippen molar-refractivity contribution < 1.29 is 14.6 Å². The fraction of sp³-hybridized carbons (Fsp3) is 0.381. The first kappa shape index (κ1) is 16.8. The van der Waals surface area contributed by atoms with Crippen molar-refractivity contribution in [1.82, 2.24) is 10.6 Å². The van der Waals surface area contributed by atoms with Crippen LogP contribution in [0.25, 0.3) is 0 Å². The van der Waals surface area contributed by atoms with E-state index in [4.69, 9.17) is 4.74 Å². The highest BCUT2D eigenvalue weighted by molar-refractivity contribution is 5.77. The first-order chi connectivity index (χ1) is 12.3. The maximum absolute atomic E-state index is 12.3. The van der Waals surface area contributed by atoms with Gasteiger partial charge in [0.1, 0.15) is 11.5 Å². The van der Waals surface area contributed by atoms with E-state index in [2.05, 4.69) is 22.8 Å². The Labute approximate surface area is 153 Å². The number of hydrogen-bond donors (Lipinski definition) is 3. The van der Waals surface area contributed by atoms with Crippen molar-refractivity contribution in [2.75, 3.05) is 0 Å². The number of fused-ring (bicyclic) bond motifs is 1. The van der Waals surface area contributed by atoms with Crippen molar-refractivity contribution >= 4 is 6.03 Å². The van der Waals surface area contributed by atoms with Crippen LogP contribution in [-0.4, -0.2) is 22.4 Å². The number of benzene rings is 2. The minimum atomic E-state index is -0.806. The Morgan fingerprint density at radius 2 is 1.88 bits per heavy atom. The highest BCUT2D eigenvalue weighted by Crippen LogP contribution is 2.48. The van der Waals surface area contributed by atoms with E-state index in [0.29, 0.717) is 18.6 Å². The van der Waals surface area contributed by atoms with Gasteiger partial charge in [0.05, 0.1) is 0 Å². The number of ether oxygens (including phenoxy) is 1. The molecule has 26 heavy (non-hydrogen) atoms. The molecule has 2 aliphatic heterocycles. The van der Waals surface area contributed by atoms with Crippen molar-refractivity contribution in [2.24, 2.45) is 0 Å². The van der Waals surface area contributed by atoms with E-state index in [-0.39, 0.29) is 23.2 Å². The minimum absolute atomic E-state index is 0.0785. The molecule has 136 valence electrons. The zero-order chi connectivity index (χ0) is 18.5. The van der Waals surface area contributed by atoms with Crippen LogP contribution in [0.5, 0.6) is 11.5 Å². The SMILES string of the molecule is Cc1cc(O)cc2c1[C@H](c1ccccc1)C[C@@]1(CC(C)(C)NC(=O)N1)O2. The van der Waals surface area contributed by atoms with Crippen molar-refractivity contribution in [1.29, 1.82) is 0 Å². The topological polar surface area (TPSA) is 70.6 Å². The van der Waals surface area contributed by atoms with Gasteiger partial charge in [0.15, 0.2) is 5.72 Å². The average molecular weight is 352 g/mol. The molecule has 2 atom stereocenters. The molecular formula is C21H24N2O3. The lowest BCUT2D eigenvalue weighted by atomic mass is 9.76. The van der Waals surface area contributed by atoms with Gasteiger partial charge in [0.2, 0.25) is 0 Å². The molecule has 2 heterocycles. The normalized spacial score (nSPS) is 26.4. The number of carbonyl (C=O) groups is 1. The summed E-state index contributed by atoms with van der Waals surface area (Å²) in [5, 5.41) is 16.0. The molecule has 1 saturated heterocycles. The maximum Gasteiger partial charge on any atom is 0.318 e. The van der Waals surface area contributed by atoms with Crippen LogP contribution >= 0.6 is 0 Å². The standard InChI is InChI=1S/C21H24N2O3/c1-13-9-15(24)10-17-18(13)16(14-7-5-4-6-8-14)11-21(26-17)12-20(2,3)22-19(25)23-21/h4-10,16,24H,11-12H2,1-3H3,(H2,22,23,25)/t16-,21-/m0/s1. The van der Waals surface area contributed by atoms with Crippen LogP contribution < -0.4 is 15.4 Å². The number of rotatable bonds is 1. The van der Waals surface area contributed by atoms with Gasteiger partial charge in [-0.1, -0.05) is 30.3 Å². The van der Waals surface area contributed by atoms with Crippen LogP contribution in [0, 0.1) is 6.92 Å². The van der Waals surface area contributed by atoms with Crippen LogP contribution in [-0.2, 0) is 0 Å². The molecule has 0 radical (unpaired) electrons. The van der Waals surface area contributed by atoms with Gasteiger partial charge in [-0.25, -0.2) is 4.79 Å². The molecule has 2 aromatic carbocycles. The zero-order valence-electron chi connectivity index (χ0n) is 15.3. The van der Waals surface area contributed by atoms with Crippen molar-refractivity contribution in [3.63, 3.8) is 0 Å². The third-order valence-electron chi connectivity index (χ3n) is 5.24. The molecule has 1 fully saturated rings.